The summed E-state index contributed by atoms with van der Waals surface area (Å²) in [7, 11) is -17.2. The lowest BCUT2D eigenvalue weighted by Crippen LogP contribution is -2.39. The van der Waals surface area contributed by atoms with Gasteiger partial charge in [0.05, 0.1) is 19.3 Å². The number of imidazole rings is 2. The van der Waals surface area contributed by atoms with Crippen molar-refractivity contribution in [3.05, 3.63) is 25.3 Å². The first kappa shape index (κ1) is 39.0. The summed E-state index contributed by atoms with van der Waals surface area (Å²) < 4.78 is 58.2. The summed E-state index contributed by atoms with van der Waals surface area (Å²) in [4.78, 5) is 59.0. The molecular formula is C20H29N10O18P3. The molecule has 2 fully saturated rings. The topological polar surface area (TPSA) is 439 Å². The Kier molecular flexibility index (Phi) is 11.2. The maximum absolute atomic E-state index is 11.8. The van der Waals surface area contributed by atoms with Crippen LogP contribution >= 0.6 is 23.5 Å². The molecule has 11 atom stereocenters. The molecule has 2 aliphatic heterocycles. The number of rotatable bonds is 10. The second kappa shape index (κ2) is 14.7. The average molecular weight is 790 g/mol. The van der Waals surface area contributed by atoms with E-state index in [0.717, 1.165) is 17.2 Å². The number of nitrogen functional groups attached to an aromatic ring is 2. The van der Waals surface area contributed by atoms with Crippen LogP contribution in [0.3, 0.4) is 0 Å². The van der Waals surface area contributed by atoms with Crippen LogP contribution in [0.1, 0.15) is 12.5 Å². The lowest BCUT2D eigenvalue weighted by atomic mass is 10.1. The highest BCUT2D eigenvalue weighted by Crippen LogP contribution is 2.66. The molecule has 51 heavy (non-hydrogen) atoms. The largest absolute Gasteiger partial charge is 0.490 e. The lowest BCUT2D eigenvalue weighted by Gasteiger charge is -2.23. The van der Waals surface area contributed by atoms with Gasteiger partial charge in [-0.1, -0.05) is 0 Å². The molecule has 6 heterocycles. The maximum atomic E-state index is 11.8. The first-order valence-electron chi connectivity index (χ1n) is 13.7. The molecule has 6 rings (SSSR count). The van der Waals surface area contributed by atoms with E-state index in [0.29, 0.717) is 11.2 Å². The van der Waals surface area contributed by atoms with Crippen molar-refractivity contribution in [1.29, 1.82) is 0 Å². The van der Waals surface area contributed by atoms with Crippen molar-refractivity contribution in [1.82, 2.24) is 39.0 Å². The number of nitrogens with zero attached hydrogens (tertiary/aromatic N) is 8. The van der Waals surface area contributed by atoms with E-state index >= 15 is 0 Å². The van der Waals surface area contributed by atoms with Gasteiger partial charge in [-0.25, -0.2) is 43.6 Å². The Balaban J connectivity index is 0.000000224. The highest BCUT2D eigenvalue weighted by atomic mass is 31.3. The Bertz CT molecular complexity index is 2010. The Labute approximate surface area is 281 Å². The molecule has 0 bridgehead atoms. The number of hydrogen-bond donors (Lipinski definition) is 12. The third-order valence-corrected chi connectivity index (χ3v) is 10.9. The number of aromatic nitrogens is 8. The number of ether oxygens (including phenoxy) is 2. The number of aliphatic hydroxyl groups excluding tert-OH is 6. The molecule has 4 aromatic heterocycles. The van der Waals surface area contributed by atoms with E-state index in [1.807, 2.05) is 0 Å². The minimum atomic E-state index is -5.84. The molecule has 14 N–H and O–H groups in total. The van der Waals surface area contributed by atoms with E-state index in [1.165, 1.54) is 17.2 Å². The lowest BCUT2D eigenvalue weighted by molar-refractivity contribution is -0.160. The number of nitrogens with two attached hydrogens (primary N) is 2. The van der Waals surface area contributed by atoms with Gasteiger partial charge in [-0.2, -0.15) is 8.62 Å². The summed E-state index contributed by atoms with van der Waals surface area (Å²) in [6, 6.07) is 0. The van der Waals surface area contributed by atoms with Crippen LogP contribution in [0, 0.1) is 0 Å². The molecule has 0 spiro atoms. The maximum Gasteiger partial charge on any atom is 0.490 e. The van der Waals surface area contributed by atoms with Gasteiger partial charge in [0.1, 0.15) is 60.3 Å². The van der Waals surface area contributed by atoms with Crippen LogP contribution in [0.5, 0.6) is 0 Å². The monoisotopic (exact) mass is 790 g/mol. The van der Waals surface area contributed by atoms with Gasteiger partial charge < -0.3 is 71.2 Å². The van der Waals surface area contributed by atoms with E-state index in [4.69, 9.17) is 40.7 Å². The normalized spacial score (nSPS) is 29.8. The third kappa shape index (κ3) is 8.39. The van der Waals surface area contributed by atoms with Gasteiger partial charge >= 0.3 is 23.5 Å². The first-order chi connectivity index (χ1) is 23.7. The van der Waals surface area contributed by atoms with Gasteiger partial charge in [-0.15, -0.1) is 0 Å². The SMILES string of the molecule is Nc1ncnc2c1ncn2[C@@H]1O[C@H](C(O)OP(=O)(O)OP(=O)(O)OP(=O)(O)O)[C@@H](O)[C@H]1O.Nc1ncnc2c1ncn2[C@@H]1O[C@H](CO)[C@@H](O)[C@H]1O. The van der Waals surface area contributed by atoms with Crippen molar-refractivity contribution in [3.8, 4) is 0 Å². The van der Waals surface area contributed by atoms with Crippen molar-refractivity contribution >= 4 is 57.4 Å². The number of aliphatic hydroxyl groups is 6. The zero-order chi connectivity index (χ0) is 37.6. The predicted molar refractivity (Wildman–Crippen MR) is 159 cm³/mol. The Morgan fingerprint density at radius 2 is 1.22 bits per heavy atom. The molecule has 0 aromatic carbocycles. The summed E-state index contributed by atoms with van der Waals surface area (Å²) in [5, 5.41) is 59.2. The predicted octanol–water partition coefficient (Wildman–Crippen LogP) is -4.29. The minimum Gasteiger partial charge on any atom is -0.394 e. The molecule has 31 heteroatoms. The molecular weight excluding hydrogens is 761 g/mol. The fourth-order valence-corrected chi connectivity index (χ4v) is 7.92. The average Bonchev–Trinajstić information content (AvgIpc) is 3.77. The number of phosphoric ester groups is 1. The van der Waals surface area contributed by atoms with Crippen LogP contribution in [-0.4, -0.2) is 139 Å². The summed E-state index contributed by atoms with van der Waals surface area (Å²) >= 11 is 0. The smallest absolute Gasteiger partial charge is 0.394 e. The third-order valence-electron chi connectivity index (χ3n) is 7.05. The van der Waals surface area contributed by atoms with Crippen LogP contribution < -0.4 is 11.5 Å². The summed E-state index contributed by atoms with van der Waals surface area (Å²) in [6.45, 7) is -0.390. The molecule has 4 aromatic rings. The van der Waals surface area contributed by atoms with Crippen molar-refractivity contribution in [3.63, 3.8) is 0 Å². The molecule has 3 unspecified atom stereocenters. The second-order valence-electron chi connectivity index (χ2n) is 10.5. The molecule has 0 amide bonds. The molecule has 282 valence electrons. The Hall–Kier alpha value is -3.21. The van der Waals surface area contributed by atoms with Gasteiger partial charge in [0.15, 0.2) is 41.7 Å². The van der Waals surface area contributed by atoms with E-state index < -0.39 is 85.4 Å². The van der Waals surface area contributed by atoms with Crippen LogP contribution in [0.2, 0.25) is 0 Å². The fourth-order valence-electron chi connectivity index (χ4n) is 4.87. The van der Waals surface area contributed by atoms with E-state index in [1.54, 1.807) is 0 Å². The standard InChI is InChI=1S/C10H16N5O14P3.C10H13N5O4/c11-7-3-8(13-1-12-7)15(2-14-3)9-5(17)4(16)6(26-9)10(18)27-31(22,23)29-32(24,25)28-30(19,20)21;11-8-5-9(13-2-12-8)15(3-14-5)10-7(18)6(17)4(1-16)19-10/h1-2,4-6,9-10,16-18H,(H,22,23)(H,24,25)(H2,11,12,13)(H2,19,20,21);2-4,6-7,10,16-18H,1H2,(H2,11,12,13)/t4-,5+,6-,9+,10?;4-,6-,7-,10-/m01/s1. The Morgan fingerprint density at radius 3 is 1.69 bits per heavy atom. The van der Waals surface area contributed by atoms with Gasteiger partial charge in [0.2, 0.25) is 0 Å². The van der Waals surface area contributed by atoms with Crippen molar-refractivity contribution in [2.24, 2.45) is 0 Å². The fraction of sp³-hybridized carbons (Fsp3) is 0.500. The zero-order valence-corrected chi connectivity index (χ0v) is 27.7. The van der Waals surface area contributed by atoms with E-state index in [9.17, 15) is 44.1 Å². The van der Waals surface area contributed by atoms with Gasteiger partial charge in [-0.3, -0.25) is 13.7 Å². The van der Waals surface area contributed by atoms with Gasteiger partial charge in [-0.05, 0) is 0 Å². The molecule has 28 nitrogen and oxygen atoms in total. The number of fused-ring (bicyclic) bond motifs is 2. The molecule has 2 saturated heterocycles. The van der Waals surface area contributed by atoms with Crippen LogP contribution in [0.25, 0.3) is 22.3 Å². The van der Waals surface area contributed by atoms with Crippen molar-refractivity contribution in [2.75, 3.05) is 18.1 Å². The summed E-state index contributed by atoms with van der Waals surface area (Å²) in [5.74, 6) is 0.210. The highest BCUT2D eigenvalue weighted by Gasteiger charge is 2.51. The van der Waals surface area contributed by atoms with Crippen molar-refractivity contribution in [2.45, 2.75) is 55.4 Å². The molecule has 2 aliphatic rings. The number of anilines is 2. The van der Waals surface area contributed by atoms with Gasteiger partial charge in [0.25, 0.3) is 0 Å². The van der Waals surface area contributed by atoms with Gasteiger partial charge in [0, 0.05) is 0 Å². The van der Waals surface area contributed by atoms with E-state index in [-0.39, 0.29) is 22.8 Å². The Morgan fingerprint density at radius 1 is 0.725 bits per heavy atom. The van der Waals surface area contributed by atoms with Crippen LogP contribution in [-0.2, 0) is 36.3 Å². The van der Waals surface area contributed by atoms with Crippen LogP contribution in [0.15, 0.2) is 25.3 Å². The first-order valence-corrected chi connectivity index (χ1v) is 18.3. The number of phosphoric acid groups is 3. The molecule has 0 saturated carbocycles. The summed E-state index contributed by atoms with van der Waals surface area (Å²) in [5.41, 5.74) is 12.3. The summed E-state index contributed by atoms with van der Waals surface area (Å²) in [6.07, 6.45) is -8.90. The molecule has 0 aliphatic carbocycles. The molecule has 0 radical (unpaired) electrons. The quantitative estimate of drug-likeness (QED) is 0.0534. The zero-order valence-electron chi connectivity index (χ0n) is 25.0. The second-order valence-corrected chi connectivity index (χ2v) is 14.8. The highest BCUT2D eigenvalue weighted by molar-refractivity contribution is 7.66. The number of hydrogen-bond acceptors (Lipinski definition) is 22. The minimum absolute atomic E-state index is 0.00831. The van der Waals surface area contributed by atoms with E-state index in [2.05, 4.69) is 43.0 Å². The van der Waals surface area contributed by atoms with Crippen molar-refractivity contribution < 1.29 is 86.5 Å². The van der Waals surface area contributed by atoms with Crippen LogP contribution in [0.4, 0.5) is 11.6 Å².